The normalized spacial score (nSPS) is 19.2. The smallest absolute Gasteiger partial charge is 0.382 e. The van der Waals surface area contributed by atoms with Gasteiger partial charge in [0.15, 0.2) is 0 Å². The van der Waals surface area contributed by atoms with Gasteiger partial charge in [0.05, 0.1) is 23.1 Å². The van der Waals surface area contributed by atoms with E-state index in [0.717, 1.165) is 18.5 Å². The van der Waals surface area contributed by atoms with Crippen LogP contribution in [0.15, 0.2) is 48.5 Å². The van der Waals surface area contributed by atoms with Crippen LogP contribution in [0.1, 0.15) is 77.2 Å². The molecule has 1 heterocycles. The summed E-state index contributed by atoms with van der Waals surface area (Å²) in [6.07, 6.45) is 0.889. The van der Waals surface area contributed by atoms with Crippen LogP contribution in [-0.4, -0.2) is 45.0 Å². The second kappa shape index (κ2) is 12.7. The number of nitrogens with zero attached hydrogens (tertiary/aromatic N) is 1. The van der Waals surface area contributed by atoms with Crippen LogP contribution >= 0.6 is 0 Å². The highest BCUT2D eigenvalue weighted by Crippen LogP contribution is 2.39. The number of rotatable bonds is 6. The Bertz CT molecular complexity index is 1540. The van der Waals surface area contributed by atoms with Gasteiger partial charge in [-0.1, -0.05) is 54.1 Å². The zero-order chi connectivity index (χ0) is 31.8. The number of carbonyl (C=O) groups excluding carboxylic acids is 2. The Morgan fingerprint density at radius 3 is 2.25 bits per heavy atom. The molecule has 2 atom stereocenters. The van der Waals surface area contributed by atoms with Crippen LogP contribution in [0, 0.1) is 25.6 Å². The minimum atomic E-state index is -4.58. The summed E-state index contributed by atoms with van der Waals surface area (Å²) in [5.74, 6) is -2.41. The van der Waals surface area contributed by atoms with Crippen molar-refractivity contribution in [2.45, 2.75) is 70.6 Å². The van der Waals surface area contributed by atoms with Crippen LogP contribution in [0.25, 0.3) is 0 Å². The average Bonchev–Trinajstić information content (AvgIpc) is 3.47. The lowest BCUT2D eigenvalue weighted by Gasteiger charge is -2.41. The minimum Gasteiger partial charge on any atom is -0.382 e. The molecule has 0 unspecified atom stereocenters. The van der Waals surface area contributed by atoms with Crippen molar-refractivity contribution >= 4 is 49.8 Å². The quantitative estimate of drug-likeness (QED) is 0.320. The SMILES string of the molecule is Bc1cc(C)c(C(F)(F)F)c(B)c1NC(=O)[C@H]1CCCN(C(=O)c2c(C)cccc2F)[C@H]1c1ccc(NC2CCCC2)cc1. The fourth-order valence-electron chi connectivity index (χ4n) is 7.07. The molecule has 2 N–H and O–H groups in total. The summed E-state index contributed by atoms with van der Waals surface area (Å²) in [5, 5.41) is 6.35. The molecule has 2 fully saturated rings. The van der Waals surface area contributed by atoms with Gasteiger partial charge in [-0.05, 0) is 74.4 Å². The predicted octanol–water partition coefficient (Wildman–Crippen LogP) is 4.56. The molecule has 3 aromatic carbocycles. The van der Waals surface area contributed by atoms with Gasteiger partial charge in [0.25, 0.3) is 5.91 Å². The van der Waals surface area contributed by atoms with Crippen LogP contribution in [0.2, 0.25) is 0 Å². The van der Waals surface area contributed by atoms with Crippen molar-refractivity contribution in [3.63, 3.8) is 0 Å². The van der Waals surface area contributed by atoms with E-state index in [-0.39, 0.29) is 22.3 Å². The van der Waals surface area contributed by atoms with Gasteiger partial charge in [-0.15, -0.1) is 0 Å². The van der Waals surface area contributed by atoms with Crippen molar-refractivity contribution in [2.24, 2.45) is 5.92 Å². The molecule has 230 valence electrons. The minimum absolute atomic E-state index is 0.0434. The van der Waals surface area contributed by atoms with E-state index in [1.807, 2.05) is 24.3 Å². The highest BCUT2D eigenvalue weighted by molar-refractivity contribution is 6.45. The highest BCUT2D eigenvalue weighted by atomic mass is 19.4. The Hall–Kier alpha value is -3.75. The van der Waals surface area contributed by atoms with E-state index in [1.165, 1.54) is 39.7 Å². The van der Waals surface area contributed by atoms with Gasteiger partial charge in [-0.25, -0.2) is 4.39 Å². The maximum atomic E-state index is 15.0. The molecule has 0 bridgehead atoms. The lowest BCUT2D eigenvalue weighted by molar-refractivity contribution is -0.137. The van der Waals surface area contributed by atoms with Gasteiger partial charge < -0.3 is 15.5 Å². The lowest BCUT2D eigenvalue weighted by atomic mass is 9.78. The summed E-state index contributed by atoms with van der Waals surface area (Å²) in [5.41, 5.74) is 2.00. The zero-order valence-corrected chi connectivity index (χ0v) is 25.6. The van der Waals surface area contributed by atoms with Gasteiger partial charge in [0.2, 0.25) is 5.91 Å². The summed E-state index contributed by atoms with van der Waals surface area (Å²) in [6, 6.07) is 13.2. The molecule has 5 rings (SSSR count). The molecule has 1 aliphatic heterocycles. The molecule has 1 saturated carbocycles. The molecule has 0 radical (unpaired) electrons. The van der Waals surface area contributed by atoms with Crippen molar-refractivity contribution < 1.29 is 27.2 Å². The number of benzene rings is 3. The van der Waals surface area contributed by atoms with E-state index in [4.69, 9.17) is 0 Å². The summed E-state index contributed by atoms with van der Waals surface area (Å²) in [4.78, 5) is 29.5. The lowest BCUT2D eigenvalue weighted by Crippen LogP contribution is -2.47. The molecular formula is C33H37B2F4N3O2. The first-order valence-electron chi connectivity index (χ1n) is 15.3. The molecule has 0 aromatic heterocycles. The number of halogens is 4. The van der Waals surface area contributed by atoms with E-state index in [0.29, 0.717) is 42.0 Å². The number of carbonyl (C=O) groups is 2. The molecule has 11 heteroatoms. The monoisotopic (exact) mass is 605 g/mol. The first kappa shape index (κ1) is 31.7. The maximum absolute atomic E-state index is 15.0. The Balaban J connectivity index is 1.52. The summed E-state index contributed by atoms with van der Waals surface area (Å²) >= 11 is 0. The zero-order valence-electron chi connectivity index (χ0n) is 25.6. The van der Waals surface area contributed by atoms with E-state index in [9.17, 15) is 22.8 Å². The number of nitrogens with one attached hydrogen (secondary N) is 2. The third-order valence-electron chi connectivity index (χ3n) is 9.15. The van der Waals surface area contributed by atoms with Gasteiger partial charge in [0.1, 0.15) is 21.5 Å². The van der Waals surface area contributed by atoms with Gasteiger partial charge >= 0.3 is 6.18 Å². The molecule has 5 nitrogen and oxygen atoms in total. The third kappa shape index (κ3) is 6.37. The Kier molecular flexibility index (Phi) is 9.14. The second-order valence-corrected chi connectivity index (χ2v) is 12.2. The average molecular weight is 605 g/mol. The van der Waals surface area contributed by atoms with E-state index < -0.39 is 41.3 Å². The van der Waals surface area contributed by atoms with E-state index >= 15 is 4.39 Å². The molecule has 3 aromatic rings. The first-order valence-corrected chi connectivity index (χ1v) is 15.3. The molecular weight excluding hydrogens is 568 g/mol. The number of aryl methyl sites for hydroxylation is 2. The Morgan fingerprint density at radius 2 is 1.61 bits per heavy atom. The fraction of sp³-hybridized carbons (Fsp3) is 0.394. The fourth-order valence-corrected chi connectivity index (χ4v) is 7.07. The van der Waals surface area contributed by atoms with Crippen molar-refractivity contribution in [1.82, 2.24) is 4.90 Å². The first-order chi connectivity index (χ1) is 20.9. The van der Waals surface area contributed by atoms with Gasteiger partial charge in [-0.2, -0.15) is 13.2 Å². The Labute approximate surface area is 257 Å². The second-order valence-electron chi connectivity index (χ2n) is 12.2. The van der Waals surface area contributed by atoms with Crippen molar-refractivity contribution in [2.75, 3.05) is 17.2 Å². The standard InChI is InChI=1S/C33H37B2F4N3O2/c1-18-7-5-11-25(36)26(18)32(44)42-16-6-10-23(30(42)20-12-14-22(15-13-20)40-21-8-3-4-9-21)31(43)41-29-24(34)17-19(2)27(28(29)35)33(37,38)39/h5,7,11-15,17,21,23,30,40H,3-4,6,8-10,16,34-35H2,1-2H3,(H,41,43)/t23-,30-/m0/s1. The van der Waals surface area contributed by atoms with Crippen LogP contribution in [-0.2, 0) is 11.0 Å². The van der Waals surface area contributed by atoms with Gasteiger partial charge in [-0.3, -0.25) is 9.59 Å². The van der Waals surface area contributed by atoms with Crippen molar-refractivity contribution in [3.05, 3.63) is 82.2 Å². The topological polar surface area (TPSA) is 61.4 Å². The molecule has 44 heavy (non-hydrogen) atoms. The van der Waals surface area contributed by atoms with Crippen LogP contribution in [0.4, 0.5) is 28.9 Å². The number of alkyl halides is 3. The molecule has 2 amide bonds. The molecule has 2 aliphatic rings. The van der Waals surface area contributed by atoms with Gasteiger partial charge in [0, 0.05) is 24.0 Å². The maximum Gasteiger partial charge on any atom is 0.416 e. The number of anilines is 2. The number of piperidine rings is 1. The number of hydrogen-bond acceptors (Lipinski definition) is 3. The van der Waals surface area contributed by atoms with Crippen LogP contribution in [0.3, 0.4) is 0 Å². The largest absolute Gasteiger partial charge is 0.416 e. The predicted molar refractivity (Wildman–Crippen MR) is 171 cm³/mol. The van der Waals surface area contributed by atoms with E-state index in [2.05, 4.69) is 10.6 Å². The van der Waals surface area contributed by atoms with E-state index in [1.54, 1.807) is 31.8 Å². The number of amides is 2. The van der Waals surface area contributed by atoms with Crippen LogP contribution in [0.5, 0.6) is 0 Å². The summed E-state index contributed by atoms with van der Waals surface area (Å²) < 4.78 is 56.8. The molecule has 1 aliphatic carbocycles. The number of likely N-dealkylation sites (tertiary alicyclic amines) is 1. The molecule has 0 spiro atoms. The summed E-state index contributed by atoms with van der Waals surface area (Å²) in [6.45, 7) is 3.39. The van der Waals surface area contributed by atoms with Crippen molar-refractivity contribution in [3.8, 4) is 0 Å². The van der Waals surface area contributed by atoms with Crippen LogP contribution < -0.4 is 21.6 Å². The molecule has 1 saturated heterocycles. The van der Waals surface area contributed by atoms with Crippen molar-refractivity contribution in [1.29, 1.82) is 0 Å². The Morgan fingerprint density at radius 1 is 0.932 bits per heavy atom. The highest BCUT2D eigenvalue weighted by Gasteiger charge is 2.41. The number of hydrogen-bond donors (Lipinski definition) is 2. The summed E-state index contributed by atoms with van der Waals surface area (Å²) in [7, 11) is 3.03. The third-order valence-corrected chi connectivity index (χ3v) is 9.15.